The summed E-state index contributed by atoms with van der Waals surface area (Å²) in [7, 11) is 0. The zero-order chi connectivity index (χ0) is 14.7. The van der Waals surface area contributed by atoms with Crippen LogP contribution in [0.1, 0.15) is 25.7 Å². The topological polar surface area (TPSA) is 83.8 Å². The third kappa shape index (κ3) is 3.56. The number of aliphatic imine (C=N–C) groups is 2. The molecule has 0 spiro atoms. The molecule has 21 heavy (non-hydrogen) atoms. The number of carbonyl (C=O) groups excluding carboxylic acids is 2. The molecule has 1 aromatic rings. The van der Waals surface area contributed by atoms with Crippen LogP contribution in [0.4, 0.5) is 9.93 Å². The summed E-state index contributed by atoms with van der Waals surface area (Å²) in [6.07, 6.45) is 5.66. The molecule has 0 aromatic carbocycles. The van der Waals surface area contributed by atoms with Gasteiger partial charge in [-0.05, 0) is 19.3 Å². The molecule has 1 aliphatic carbocycles. The van der Waals surface area contributed by atoms with Gasteiger partial charge in [0.2, 0.25) is 5.91 Å². The maximum Gasteiger partial charge on any atom is 0.367 e. The van der Waals surface area contributed by atoms with E-state index in [1.165, 1.54) is 23.1 Å². The summed E-state index contributed by atoms with van der Waals surface area (Å²) in [6, 6.07) is -0.439. The molecule has 0 saturated heterocycles. The number of rotatable bonds is 3. The van der Waals surface area contributed by atoms with Gasteiger partial charge in [0.1, 0.15) is 0 Å². The molecule has 1 N–H and O–H groups in total. The summed E-state index contributed by atoms with van der Waals surface area (Å²) in [5.74, 6) is 0.231. The molecular weight excluding hydrogens is 308 g/mol. The van der Waals surface area contributed by atoms with Crippen LogP contribution in [0.2, 0.25) is 0 Å². The number of nitrogens with zero attached hydrogens (tertiary/aromatic N) is 3. The Morgan fingerprint density at radius 2 is 2.33 bits per heavy atom. The Hall–Kier alpha value is -1.54. The van der Waals surface area contributed by atoms with Crippen molar-refractivity contribution in [2.45, 2.75) is 25.7 Å². The molecule has 6 nitrogen and oxygen atoms in total. The Morgan fingerprint density at radius 1 is 1.43 bits per heavy atom. The van der Waals surface area contributed by atoms with Gasteiger partial charge in [0, 0.05) is 23.2 Å². The van der Waals surface area contributed by atoms with Crippen molar-refractivity contribution >= 4 is 50.9 Å². The molecular formula is C13H14N4O2S2. The van der Waals surface area contributed by atoms with Crippen LogP contribution < -0.4 is 5.32 Å². The Bertz CT molecular complexity index is 610. The van der Waals surface area contributed by atoms with Gasteiger partial charge in [-0.25, -0.2) is 14.8 Å². The van der Waals surface area contributed by atoms with E-state index in [1.54, 1.807) is 11.6 Å². The molecule has 1 atom stereocenters. The van der Waals surface area contributed by atoms with E-state index >= 15 is 0 Å². The highest BCUT2D eigenvalue weighted by Crippen LogP contribution is 2.30. The predicted octanol–water partition coefficient (Wildman–Crippen LogP) is 2.98. The van der Waals surface area contributed by atoms with E-state index in [1.807, 2.05) is 0 Å². The average molecular weight is 322 g/mol. The molecule has 0 radical (unpaired) electrons. The van der Waals surface area contributed by atoms with E-state index in [9.17, 15) is 9.59 Å². The number of thioether (sulfide) groups is 1. The third-order valence-electron chi connectivity index (χ3n) is 3.35. The van der Waals surface area contributed by atoms with Crippen molar-refractivity contribution in [1.82, 2.24) is 4.98 Å². The summed E-state index contributed by atoms with van der Waals surface area (Å²) < 4.78 is 0. The number of fused-ring (bicyclic) bond motifs is 1. The minimum absolute atomic E-state index is 0.133. The minimum atomic E-state index is -0.439. The highest BCUT2D eigenvalue weighted by atomic mass is 32.2. The van der Waals surface area contributed by atoms with Crippen LogP contribution in [0.15, 0.2) is 21.6 Å². The van der Waals surface area contributed by atoms with Gasteiger partial charge in [-0.1, -0.05) is 18.2 Å². The van der Waals surface area contributed by atoms with Crippen LogP contribution in [-0.2, 0) is 4.79 Å². The number of hydrogen-bond acceptors (Lipinski definition) is 5. The van der Waals surface area contributed by atoms with Crippen molar-refractivity contribution in [1.29, 1.82) is 0 Å². The lowest BCUT2D eigenvalue weighted by Crippen LogP contribution is -2.31. The Labute approximate surface area is 130 Å². The first kappa shape index (κ1) is 14.4. The third-order valence-corrected chi connectivity index (χ3v) is 5.12. The SMILES string of the molecule is O=C1N=C2CCCCC2C(SCC(=O)Nc2nccs2)=N1. The lowest BCUT2D eigenvalue weighted by Gasteiger charge is -2.26. The van der Waals surface area contributed by atoms with Crippen LogP contribution in [0.3, 0.4) is 0 Å². The highest BCUT2D eigenvalue weighted by Gasteiger charge is 2.30. The fourth-order valence-electron chi connectivity index (χ4n) is 2.43. The number of nitrogens with one attached hydrogen (secondary N) is 1. The summed E-state index contributed by atoms with van der Waals surface area (Å²) in [6.45, 7) is 0. The lowest BCUT2D eigenvalue weighted by atomic mass is 9.87. The molecule has 3 rings (SSSR count). The van der Waals surface area contributed by atoms with E-state index < -0.39 is 6.03 Å². The summed E-state index contributed by atoms with van der Waals surface area (Å²) in [4.78, 5) is 35.4. The molecule has 3 amide bonds. The molecule has 8 heteroatoms. The maximum absolute atomic E-state index is 11.9. The van der Waals surface area contributed by atoms with Gasteiger partial charge in [-0.2, -0.15) is 4.99 Å². The average Bonchev–Trinajstić information content (AvgIpc) is 2.97. The van der Waals surface area contributed by atoms with Crippen molar-refractivity contribution in [3.8, 4) is 0 Å². The number of amides is 3. The lowest BCUT2D eigenvalue weighted by molar-refractivity contribution is -0.113. The molecule has 2 heterocycles. The van der Waals surface area contributed by atoms with Gasteiger partial charge < -0.3 is 5.32 Å². The molecule has 1 saturated carbocycles. The van der Waals surface area contributed by atoms with Crippen LogP contribution in [-0.4, -0.2) is 33.4 Å². The van der Waals surface area contributed by atoms with E-state index in [2.05, 4.69) is 20.3 Å². The number of anilines is 1. The van der Waals surface area contributed by atoms with Crippen LogP contribution >= 0.6 is 23.1 Å². The standard InChI is InChI=1S/C13H14N4O2S2/c18-10(16-13-14-5-6-20-13)7-21-11-8-3-1-2-4-9(8)15-12(19)17-11/h5-6,8H,1-4,7H2,(H,14,16,18). The second-order valence-electron chi connectivity index (χ2n) is 4.81. The quantitative estimate of drug-likeness (QED) is 0.927. The van der Waals surface area contributed by atoms with Crippen LogP contribution in [0, 0.1) is 5.92 Å². The largest absolute Gasteiger partial charge is 0.367 e. The van der Waals surface area contributed by atoms with Crippen molar-refractivity contribution in [2.75, 3.05) is 11.1 Å². The maximum atomic E-state index is 11.9. The van der Waals surface area contributed by atoms with Crippen molar-refractivity contribution in [2.24, 2.45) is 15.9 Å². The molecule has 2 aliphatic rings. The van der Waals surface area contributed by atoms with Crippen molar-refractivity contribution in [3.63, 3.8) is 0 Å². The molecule has 0 bridgehead atoms. The van der Waals surface area contributed by atoms with Gasteiger partial charge in [0.25, 0.3) is 0 Å². The second kappa shape index (κ2) is 6.48. The normalized spacial score (nSPS) is 21.3. The first-order chi connectivity index (χ1) is 10.2. The molecule has 1 fully saturated rings. The highest BCUT2D eigenvalue weighted by molar-refractivity contribution is 8.14. The van der Waals surface area contributed by atoms with E-state index in [0.29, 0.717) is 5.13 Å². The number of urea groups is 1. The fraction of sp³-hybridized carbons (Fsp3) is 0.462. The van der Waals surface area contributed by atoms with E-state index in [4.69, 9.17) is 0 Å². The smallest absolute Gasteiger partial charge is 0.301 e. The van der Waals surface area contributed by atoms with Crippen LogP contribution in [0.5, 0.6) is 0 Å². The number of aromatic nitrogens is 1. The van der Waals surface area contributed by atoms with Gasteiger partial charge in [-0.3, -0.25) is 4.79 Å². The molecule has 1 unspecified atom stereocenters. The Balaban J connectivity index is 1.59. The zero-order valence-corrected chi connectivity index (χ0v) is 12.9. The second-order valence-corrected chi connectivity index (χ2v) is 6.70. The predicted molar refractivity (Wildman–Crippen MR) is 85.4 cm³/mol. The van der Waals surface area contributed by atoms with E-state index in [0.717, 1.165) is 36.4 Å². The summed E-state index contributed by atoms with van der Waals surface area (Å²) in [5, 5.41) is 5.85. The number of carbonyl (C=O) groups is 2. The molecule has 1 aromatic heterocycles. The summed E-state index contributed by atoms with van der Waals surface area (Å²) in [5.41, 5.74) is 0.934. The Morgan fingerprint density at radius 3 is 3.14 bits per heavy atom. The monoisotopic (exact) mass is 322 g/mol. The van der Waals surface area contributed by atoms with Gasteiger partial charge in [0.05, 0.1) is 10.8 Å². The molecule has 110 valence electrons. The number of thiazole rings is 1. The zero-order valence-electron chi connectivity index (χ0n) is 11.2. The Kier molecular flexibility index (Phi) is 4.45. The summed E-state index contributed by atoms with van der Waals surface area (Å²) >= 11 is 2.71. The fourth-order valence-corrected chi connectivity index (χ4v) is 3.92. The van der Waals surface area contributed by atoms with Gasteiger partial charge >= 0.3 is 6.03 Å². The van der Waals surface area contributed by atoms with Gasteiger partial charge in [0.15, 0.2) is 5.13 Å². The van der Waals surface area contributed by atoms with Gasteiger partial charge in [-0.15, -0.1) is 11.3 Å². The minimum Gasteiger partial charge on any atom is -0.301 e. The van der Waals surface area contributed by atoms with Crippen LogP contribution in [0.25, 0.3) is 0 Å². The van der Waals surface area contributed by atoms with E-state index in [-0.39, 0.29) is 17.6 Å². The first-order valence-corrected chi connectivity index (χ1v) is 8.61. The number of hydrogen-bond donors (Lipinski definition) is 1. The van der Waals surface area contributed by atoms with Crippen molar-refractivity contribution in [3.05, 3.63) is 11.6 Å². The first-order valence-electron chi connectivity index (χ1n) is 6.74. The van der Waals surface area contributed by atoms with Crippen molar-refractivity contribution < 1.29 is 9.59 Å². The molecule has 1 aliphatic heterocycles.